The molecule has 8 nitrogen and oxygen atoms in total. The molecule has 2 aliphatic rings. The normalized spacial score (nSPS) is 20.8. The average Bonchev–Trinajstić information content (AvgIpc) is 3.24. The van der Waals surface area contributed by atoms with Gasteiger partial charge in [0.05, 0.1) is 12.1 Å². The van der Waals surface area contributed by atoms with E-state index in [1.165, 1.54) is 6.20 Å². The lowest BCUT2D eigenvalue weighted by Crippen LogP contribution is -2.36. The lowest BCUT2D eigenvalue weighted by atomic mass is 10.0. The van der Waals surface area contributed by atoms with Crippen LogP contribution >= 0.6 is 0 Å². The van der Waals surface area contributed by atoms with E-state index in [1.807, 2.05) is 20.8 Å². The predicted molar refractivity (Wildman–Crippen MR) is 95.9 cm³/mol. The van der Waals surface area contributed by atoms with E-state index in [0.29, 0.717) is 24.4 Å². The highest BCUT2D eigenvalue weighted by Crippen LogP contribution is 2.54. The molecule has 3 N–H and O–H groups in total. The molecule has 1 saturated heterocycles. The summed E-state index contributed by atoms with van der Waals surface area (Å²) < 4.78 is 11.6. The molecular weight excluding hydrogens is 336 g/mol. The molecule has 26 heavy (non-hydrogen) atoms. The minimum Gasteiger partial charge on any atom is -0.484 e. The zero-order valence-corrected chi connectivity index (χ0v) is 15.7. The Bertz CT molecular complexity index is 724. The molecule has 2 amide bonds. The van der Waals surface area contributed by atoms with Crippen LogP contribution in [0.3, 0.4) is 0 Å². The highest BCUT2D eigenvalue weighted by atomic mass is 16.6. The summed E-state index contributed by atoms with van der Waals surface area (Å²) in [5.74, 6) is 0.336. The van der Waals surface area contributed by atoms with E-state index in [-0.39, 0.29) is 29.3 Å². The maximum atomic E-state index is 12.4. The zero-order valence-electron chi connectivity index (χ0n) is 15.7. The van der Waals surface area contributed by atoms with Gasteiger partial charge in [-0.1, -0.05) is 0 Å². The van der Waals surface area contributed by atoms with Crippen molar-refractivity contribution in [1.82, 2.24) is 15.2 Å². The van der Waals surface area contributed by atoms with Crippen molar-refractivity contribution in [2.75, 3.05) is 25.9 Å². The summed E-state index contributed by atoms with van der Waals surface area (Å²) in [5, 5.41) is 2.55. The number of aromatic nitrogens is 1. The molecule has 8 heteroatoms. The molecule has 1 aromatic heterocycles. The number of carbonyl (C=O) groups excluding carboxylic acids is 2. The van der Waals surface area contributed by atoms with E-state index in [1.54, 1.807) is 18.0 Å². The summed E-state index contributed by atoms with van der Waals surface area (Å²) in [6.45, 7) is 6.57. The van der Waals surface area contributed by atoms with Crippen LogP contribution in [-0.4, -0.2) is 53.7 Å². The molecule has 1 atom stereocenters. The van der Waals surface area contributed by atoms with Crippen molar-refractivity contribution in [2.24, 2.45) is 5.41 Å². The van der Waals surface area contributed by atoms with Crippen LogP contribution in [0.2, 0.25) is 0 Å². The number of likely N-dealkylation sites (tertiary alicyclic amines) is 1. The first kappa shape index (κ1) is 18.3. The largest absolute Gasteiger partial charge is 0.484 e. The Hall–Kier alpha value is -2.51. The van der Waals surface area contributed by atoms with Crippen LogP contribution in [0.5, 0.6) is 5.75 Å². The maximum absolute atomic E-state index is 12.4. The number of nitrogens with two attached hydrogens (primary N) is 1. The Labute approximate surface area is 153 Å². The number of carbonyl (C=O) groups is 2. The molecule has 0 aromatic carbocycles. The van der Waals surface area contributed by atoms with E-state index in [4.69, 9.17) is 15.2 Å². The molecule has 1 saturated carbocycles. The summed E-state index contributed by atoms with van der Waals surface area (Å²) in [5.41, 5.74) is 5.70. The number of hydrogen-bond acceptors (Lipinski definition) is 6. The minimum atomic E-state index is -0.539. The van der Waals surface area contributed by atoms with Gasteiger partial charge < -0.3 is 25.4 Å². The number of anilines is 1. The van der Waals surface area contributed by atoms with Crippen molar-refractivity contribution < 1.29 is 19.1 Å². The molecule has 1 aromatic rings. The van der Waals surface area contributed by atoms with E-state index >= 15 is 0 Å². The lowest BCUT2D eigenvalue weighted by Gasteiger charge is -2.24. The first-order valence-electron chi connectivity index (χ1n) is 8.76. The van der Waals surface area contributed by atoms with Gasteiger partial charge in [0, 0.05) is 25.2 Å². The van der Waals surface area contributed by atoms with Crippen molar-refractivity contribution in [2.45, 2.75) is 45.3 Å². The summed E-state index contributed by atoms with van der Waals surface area (Å²) >= 11 is 0. The number of amides is 2. The third kappa shape index (κ3) is 3.68. The Kier molecular flexibility index (Phi) is 4.46. The van der Waals surface area contributed by atoms with Gasteiger partial charge in [-0.25, -0.2) is 9.78 Å². The third-order valence-electron chi connectivity index (χ3n) is 4.76. The predicted octanol–water partition coefficient (Wildman–Crippen LogP) is 1.80. The van der Waals surface area contributed by atoms with E-state index in [9.17, 15) is 9.59 Å². The van der Waals surface area contributed by atoms with Crippen LogP contribution < -0.4 is 15.8 Å². The molecule has 2 heterocycles. The Morgan fingerprint density at radius 3 is 2.65 bits per heavy atom. The number of ether oxygens (including phenoxy) is 2. The average molecular weight is 362 g/mol. The molecule has 1 unspecified atom stereocenters. The fraction of sp³-hybridized carbons (Fsp3) is 0.611. The van der Waals surface area contributed by atoms with Crippen LogP contribution in [0.25, 0.3) is 0 Å². The Morgan fingerprint density at radius 1 is 1.38 bits per heavy atom. The number of nitrogens with one attached hydrogen (secondary N) is 1. The van der Waals surface area contributed by atoms with E-state index in [2.05, 4.69) is 10.3 Å². The summed E-state index contributed by atoms with van der Waals surface area (Å²) in [4.78, 5) is 29.9. The molecule has 1 aliphatic heterocycles. The Balaban J connectivity index is 1.74. The third-order valence-corrected chi connectivity index (χ3v) is 4.76. The van der Waals surface area contributed by atoms with Crippen molar-refractivity contribution >= 4 is 17.8 Å². The highest BCUT2D eigenvalue weighted by molar-refractivity contribution is 5.94. The molecule has 0 radical (unpaired) electrons. The van der Waals surface area contributed by atoms with Crippen molar-refractivity contribution in [3.63, 3.8) is 0 Å². The molecule has 2 fully saturated rings. The second-order valence-electron chi connectivity index (χ2n) is 8.02. The molecule has 1 spiro atoms. The summed E-state index contributed by atoms with van der Waals surface area (Å²) in [7, 11) is 1.55. The topological polar surface area (TPSA) is 107 Å². The van der Waals surface area contributed by atoms with Gasteiger partial charge in [0.1, 0.15) is 11.7 Å². The summed E-state index contributed by atoms with van der Waals surface area (Å²) in [6, 6.07) is 1.59. The highest BCUT2D eigenvalue weighted by Gasteiger charge is 2.58. The number of nitrogens with zero attached hydrogens (tertiary/aromatic N) is 2. The van der Waals surface area contributed by atoms with Gasteiger partial charge in [0.2, 0.25) is 0 Å². The van der Waals surface area contributed by atoms with E-state index < -0.39 is 5.60 Å². The molecule has 1 aliphatic carbocycles. The minimum absolute atomic E-state index is 0.0631. The maximum Gasteiger partial charge on any atom is 0.410 e. The van der Waals surface area contributed by atoms with Crippen LogP contribution in [0.4, 0.5) is 10.6 Å². The van der Waals surface area contributed by atoms with Gasteiger partial charge in [0.25, 0.3) is 5.91 Å². The summed E-state index contributed by atoms with van der Waals surface area (Å²) in [6.07, 6.45) is 2.85. The second kappa shape index (κ2) is 6.34. The van der Waals surface area contributed by atoms with Gasteiger partial charge in [-0.2, -0.15) is 0 Å². The van der Waals surface area contributed by atoms with Crippen LogP contribution in [-0.2, 0) is 4.74 Å². The van der Waals surface area contributed by atoms with Crippen molar-refractivity contribution in [1.29, 1.82) is 0 Å². The number of nitrogen functional groups attached to an aromatic ring is 1. The molecular formula is C18H26N4O4. The fourth-order valence-electron chi connectivity index (χ4n) is 3.18. The molecule has 3 rings (SSSR count). The van der Waals surface area contributed by atoms with Gasteiger partial charge in [-0.15, -0.1) is 0 Å². The lowest BCUT2D eigenvalue weighted by molar-refractivity contribution is 0.0274. The molecule has 0 bridgehead atoms. The monoisotopic (exact) mass is 362 g/mol. The SMILES string of the molecule is CNC(=O)c1cnc(N)c(OC2CN(C(=O)OC(C)(C)C)CC23CC3)c1. The van der Waals surface area contributed by atoms with Gasteiger partial charge >= 0.3 is 6.09 Å². The first-order valence-corrected chi connectivity index (χ1v) is 8.76. The van der Waals surface area contributed by atoms with Crippen molar-refractivity contribution in [3.8, 4) is 5.75 Å². The van der Waals surface area contributed by atoms with E-state index in [0.717, 1.165) is 12.8 Å². The van der Waals surface area contributed by atoms with Crippen molar-refractivity contribution in [3.05, 3.63) is 17.8 Å². The number of hydrogen-bond donors (Lipinski definition) is 2. The standard InChI is InChI=1S/C18H26N4O4/c1-17(2,3)26-16(24)22-9-13(18(10-22)5-6-18)25-12-7-11(15(23)20-4)8-21-14(12)19/h7-8,13H,5-6,9-10H2,1-4H3,(H2,19,21)(H,20,23). The smallest absolute Gasteiger partial charge is 0.410 e. The fourth-order valence-corrected chi connectivity index (χ4v) is 3.18. The number of pyridine rings is 1. The quantitative estimate of drug-likeness (QED) is 0.849. The van der Waals surface area contributed by atoms with Gasteiger partial charge in [-0.05, 0) is 39.7 Å². The molecule has 142 valence electrons. The second-order valence-corrected chi connectivity index (χ2v) is 8.02. The van der Waals surface area contributed by atoms with Gasteiger partial charge in [0.15, 0.2) is 11.6 Å². The van der Waals surface area contributed by atoms with Crippen LogP contribution in [0, 0.1) is 5.41 Å². The Morgan fingerprint density at radius 2 is 2.08 bits per heavy atom. The zero-order chi connectivity index (χ0) is 19.1. The van der Waals surface area contributed by atoms with Crippen LogP contribution in [0.15, 0.2) is 12.3 Å². The number of rotatable bonds is 3. The first-order chi connectivity index (χ1) is 12.1. The van der Waals surface area contributed by atoms with Crippen LogP contribution in [0.1, 0.15) is 44.0 Å². The van der Waals surface area contributed by atoms with Gasteiger partial charge in [-0.3, -0.25) is 4.79 Å².